The lowest BCUT2D eigenvalue weighted by atomic mass is 9.69. The van der Waals surface area contributed by atoms with Gasteiger partial charge in [-0.05, 0) is 37.0 Å². The van der Waals surface area contributed by atoms with E-state index in [0.717, 1.165) is 37.7 Å². The molecule has 0 spiro atoms. The summed E-state index contributed by atoms with van der Waals surface area (Å²) in [6.07, 6.45) is 7.08. The van der Waals surface area contributed by atoms with E-state index >= 15 is 0 Å². The van der Waals surface area contributed by atoms with Crippen molar-refractivity contribution in [3.05, 3.63) is 66.0 Å². The third-order valence-electron chi connectivity index (χ3n) is 4.80. The first kappa shape index (κ1) is 16.4. The van der Waals surface area contributed by atoms with E-state index in [1.807, 2.05) is 30.3 Å². The second-order valence-electron chi connectivity index (χ2n) is 6.50. The number of nitrogens with zero attached hydrogens (tertiary/aromatic N) is 1. The number of hydrogen-bond acceptors (Lipinski definition) is 3. The molecule has 124 valence electrons. The second kappa shape index (κ2) is 7.39. The van der Waals surface area contributed by atoms with Crippen molar-refractivity contribution in [2.24, 2.45) is 5.41 Å². The van der Waals surface area contributed by atoms with Crippen molar-refractivity contribution < 1.29 is 9.59 Å². The molecule has 0 aliphatic heterocycles. The van der Waals surface area contributed by atoms with Crippen molar-refractivity contribution in [2.75, 3.05) is 0 Å². The van der Waals surface area contributed by atoms with E-state index in [9.17, 15) is 9.59 Å². The minimum absolute atomic E-state index is 0.165. The van der Waals surface area contributed by atoms with Gasteiger partial charge in [0.2, 0.25) is 5.91 Å². The van der Waals surface area contributed by atoms with E-state index < -0.39 is 11.3 Å². The Morgan fingerprint density at radius 2 is 1.67 bits per heavy atom. The van der Waals surface area contributed by atoms with Gasteiger partial charge in [0.25, 0.3) is 5.91 Å². The van der Waals surface area contributed by atoms with Gasteiger partial charge in [0.15, 0.2) is 0 Å². The summed E-state index contributed by atoms with van der Waals surface area (Å²) >= 11 is 0. The van der Waals surface area contributed by atoms with Crippen LogP contribution in [0.5, 0.6) is 0 Å². The van der Waals surface area contributed by atoms with Crippen LogP contribution in [-0.2, 0) is 11.2 Å². The van der Waals surface area contributed by atoms with Gasteiger partial charge in [-0.15, -0.1) is 0 Å². The van der Waals surface area contributed by atoms with E-state index in [-0.39, 0.29) is 11.6 Å². The summed E-state index contributed by atoms with van der Waals surface area (Å²) in [5, 5.41) is 2.59. The lowest BCUT2D eigenvalue weighted by molar-refractivity contribution is -0.131. The molecule has 0 saturated heterocycles. The molecule has 0 radical (unpaired) electrons. The van der Waals surface area contributed by atoms with Crippen molar-refractivity contribution in [2.45, 2.75) is 38.5 Å². The van der Waals surface area contributed by atoms with Crippen LogP contribution in [0.3, 0.4) is 0 Å². The zero-order chi connectivity index (χ0) is 16.8. The highest BCUT2D eigenvalue weighted by Crippen LogP contribution is 2.39. The van der Waals surface area contributed by atoms with Crippen molar-refractivity contribution in [1.29, 1.82) is 0 Å². The fourth-order valence-corrected chi connectivity index (χ4v) is 3.50. The molecule has 1 saturated carbocycles. The Hall–Kier alpha value is -2.49. The lowest BCUT2D eigenvalue weighted by Crippen LogP contribution is -2.46. The van der Waals surface area contributed by atoms with E-state index in [1.165, 1.54) is 0 Å². The Morgan fingerprint density at radius 1 is 0.958 bits per heavy atom. The van der Waals surface area contributed by atoms with Crippen molar-refractivity contribution in [1.82, 2.24) is 10.3 Å². The monoisotopic (exact) mass is 322 g/mol. The standard InChI is InChI=1S/C20H22N2O2/c23-18(17-11-5-8-14-21-17)22-19(24)20(12-6-2-7-13-20)15-16-9-3-1-4-10-16/h1,3-5,8-11,14H,2,6-7,12-13,15H2,(H,22,23,24). The number of hydrogen-bond donors (Lipinski definition) is 1. The molecule has 3 rings (SSSR count). The first-order valence-corrected chi connectivity index (χ1v) is 8.50. The Labute approximate surface area is 142 Å². The van der Waals surface area contributed by atoms with E-state index in [4.69, 9.17) is 0 Å². The van der Waals surface area contributed by atoms with Crippen LogP contribution in [0.25, 0.3) is 0 Å². The highest BCUT2D eigenvalue weighted by atomic mass is 16.2. The molecule has 1 aromatic carbocycles. The second-order valence-corrected chi connectivity index (χ2v) is 6.50. The van der Waals surface area contributed by atoms with E-state index in [2.05, 4.69) is 10.3 Å². The third-order valence-corrected chi connectivity index (χ3v) is 4.80. The van der Waals surface area contributed by atoms with E-state index in [1.54, 1.807) is 24.4 Å². The molecule has 0 unspecified atom stereocenters. The van der Waals surface area contributed by atoms with Crippen LogP contribution < -0.4 is 5.32 Å². The summed E-state index contributed by atoms with van der Waals surface area (Å²) in [5.74, 6) is -0.583. The van der Waals surface area contributed by atoms with Crippen LogP contribution in [0.4, 0.5) is 0 Å². The molecule has 24 heavy (non-hydrogen) atoms. The maximum atomic E-state index is 12.9. The van der Waals surface area contributed by atoms with Gasteiger partial charge in [-0.2, -0.15) is 0 Å². The fourth-order valence-electron chi connectivity index (χ4n) is 3.50. The van der Waals surface area contributed by atoms with E-state index in [0.29, 0.717) is 6.42 Å². The van der Waals surface area contributed by atoms with Crippen LogP contribution in [0, 0.1) is 5.41 Å². The number of nitrogens with one attached hydrogen (secondary N) is 1. The number of amides is 2. The predicted molar refractivity (Wildman–Crippen MR) is 92.4 cm³/mol. The molecule has 1 N–H and O–H groups in total. The number of benzene rings is 1. The van der Waals surface area contributed by atoms with Crippen molar-refractivity contribution in [3.63, 3.8) is 0 Å². The molecule has 2 aromatic rings. The van der Waals surface area contributed by atoms with Crippen molar-refractivity contribution in [3.8, 4) is 0 Å². The minimum Gasteiger partial charge on any atom is -0.290 e. The topological polar surface area (TPSA) is 59.1 Å². The van der Waals surface area contributed by atoms with Gasteiger partial charge in [0.1, 0.15) is 5.69 Å². The van der Waals surface area contributed by atoms with Gasteiger partial charge in [-0.25, -0.2) is 0 Å². The summed E-state index contributed by atoms with van der Waals surface area (Å²) in [7, 11) is 0. The lowest BCUT2D eigenvalue weighted by Gasteiger charge is -2.35. The molecule has 2 amide bonds. The average molecular weight is 322 g/mol. The van der Waals surface area contributed by atoms with Gasteiger partial charge >= 0.3 is 0 Å². The number of rotatable bonds is 4. The Bertz CT molecular complexity index is 692. The summed E-state index contributed by atoms with van der Waals surface area (Å²) in [6, 6.07) is 15.2. The minimum atomic E-state index is -0.496. The zero-order valence-electron chi connectivity index (χ0n) is 13.7. The number of carbonyl (C=O) groups excluding carboxylic acids is 2. The quantitative estimate of drug-likeness (QED) is 0.876. The molecule has 1 heterocycles. The number of imide groups is 1. The largest absolute Gasteiger partial charge is 0.290 e. The highest BCUT2D eigenvalue weighted by molar-refractivity contribution is 6.05. The summed E-state index contributed by atoms with van der Waals surface area (Å²) in [4.78, 5) is 29.3. The fraction of sp³-hybridized carbons (Fsp3) is 0.350. The molecule has 1 aromatic heterocycles. The molecule has 0 bridgehead atoms. The molecule has 1 aliphatic rings. The number of aromatic nitrogens is 1. The molecule has 1 aliphatic carbocycles. The van der Waals surface area contributed by atoms with Gasteiger partial charge < -0.3 is 0 Å². The van der Waals surface area contributed by atoms with Gasteiger partial charge in [0, 0.05) is 6.20 Å². The normalized spacial score (nSPS) is 16.3. The Morgan fingerprint density at radius 3 is 2.33 bits per heavy atom. The molecular formula is C20H22N2O2. The number of carbonyl (C=O) groups is 2. The van der Waals surface area contributed by atoms with Gasteiger partial charge in [0.05, 0.1) is 5.41 Å². The molecular weight excluding hydrogens is 300 g/mol. The average Bonchev–Trinajstić information content (AvgIpc) is 2.64. The van der Waals surface area contributed by atoms with Crippen LogP contribution >= 0.6 is 0 Å². The first-order chi connectivity index (χ1) is 11.7. The van der Waals surface area contributed by atoms with Gasteiger partial charge in [-0.1, -0.05) is 55.7 Å². The first-order valence-electron chi connectivity index (χ1n) is 8.50. The summed E-state index contributed by atoms with van der Waals surface area (Å²) < 4.78 is 0. The third kappa shape index (κ3) is 3.70. The smallest absolute Gasteiger partial charge is 0.276 e. The summed E-state index contributed by atoms with van der Waals surface area (Å²) in [5.41, 5.74) is 0.917. The van der Waals surface area contributed by atoms with Crippen LogP contribution in [0.15, 0.2) is 54.7 Å². The number of pyridine rings is 1. The zero-order valence-corrected chi connectivity index (χ0v) is 13.7. The van der Waals surface area contributed by atoms with Crippen LogP contribution in [0.2, 0.25) is 0 Å². The SMILES string of the molecule is O=C(NC(=O)C1(Cc2ccccc2)CCCCC1)c1ccccn1. The maximum absolute atomic E-state index is 12.9. The predicted octanol–water partition coefficient (Wildman–Crippen LogP) is 3.53. The van der Waals surface area contributed by atoms with Crippen LogP contribution in [-0.4, -0.2) is 16.8 Å². The van der Waals surface area contributed by atoms with Gasteiger partial charge in [-0.3, -0.25) is 19.9 Å². The Kier molecular flexibility index (Phi) is 5.04. The molecule has 4 nitrogen and oxygen atoms in total. The molecule has 4 heteroatoms. The van der Waals surface area contributed by atoms with Crippen LogP contribution in [0.1, 0.15) is 48.2 Å². The molecule has 1 fully saturated rings. The Balaban J connectivity index is 1.78. The summed E-state index contributed by atoms with van der Waals surface area (Å²) in [6.45, 7) is 0. The maximum Gasteiger partial charge on any atom is 0.276 e. The molecule has 0 atom stereocenters. The highest BCUT2D eigenvalue weighted by Gasteiger charge is 2.40. The van der Waals surface area contributed by atoms with Crippen molar-refractivity contribution >= 4 is 11.8 Å².